The van der Waals surface area contributed by atoms with Gasteiger partial charge in [-0.15, -0.1) is 0 Å². The van der Waals surface area contributed by atoms with E-state index in [4.69, 9.17) is 19.4 Å². The normalized spacial score (nSPS) is 11.5. The average molecular weight is 273 g/mol. The van der Waals surface area contributed by atoms with Gasteiger partial charge in [-0.2, -0.15) is 4.98 Å². The van der Waals surface area contributed by atoms with Crippen molar-refractivity contribution in [2.45, 2.75) is 32.5 Å². The van der Waals surface area contributed by atoms with Gasteiger partial charge in [0.15, 0.2) is 5.79 Å². The van der Waals surface area contributed by atoms with Gasteiger partial charge in [0.25, 0.3) is 0 Å². The van der Waals surface area contributed by atoms with E-state index < -0.39 is 5.79 Å². The van der Waals surface area contributed by atoms with Crippen molar-refractivity contribution in [1.82, 2.24) is 9.97 Å². The molecule has 0 amide bonds. The van der Waals surface area contributed by atoms with Crippen molar-refractivity contribution >= 4 is 18.7 Å². The van der Waals surface area contributed by atoms with Crippen LogP contribution in [0.25, 0.3) is 0 Å². The van der Waals surface area contributed by atoms with Crippen LogP contribution in [0.5, 0.6) is 6.01 Å². The minimum absolute atomic E-state index is 0.301. The first-order valence-corrected chi connectivity index (χ1v) is 6.08. The number of aromatic nitrogens is 2. The van der Waals surface area contributed by atoms with Crippen LogP contribution in [0.4, 0.5) is 5.82 Å². The van der Waals surface area contributed by atoms with E-state index in [2.05, 4.69) is 22.9 Å². The Kier molecular flexibility index (Phi) is 6.17. The van der Waals surface area contributed by atoms with Gasteiger partial charge in [0.2, 0.25) is 0 Å². The summed E-state index contributed by atoms with van der Waals surface area (Å²) in [6, 6.07) is 1.91. The van der Waals surface area contributed by atoms with Gasteiger partial charge < -0.3 is 15.2 Å². The maximum Gasteiger partial charge on any atom is 0.318 e. The quantitative estimate of drug-likeness (QED) is 0.325. The second-order valence-electron chi connectivity index (χ2n) is 4.16. The molecule has 1 rings (SSSR count). The fraction of sp³-hybridized carbons (Fsp3) is 0.636. The van der Waals surface area contributed by atoms with Gasteiger partial charge >= 0.3 is 6.01 Å². The molecule has 0 aromatic carbocycles. The molecule has 1 aromatic heterocycles. The van der Waals surface area contributed by atoms with Crippen LogP contribution < -0.4 is 10.5 Å². The number of rotatable bonds is 8. The highest BCUT2D eigenvalue weighted by Gasteiger charge is 2.16. The Morgan fingerprint density at radius 2 is 2.06 bits per heavy atom. The van der Waals surface area contributed by atoms with E-state index in [-0.39, 0.29) is 0 Å². The minimum Gasteiger partial charge on any atom is -0.463 e. The van der Waals surface area contributed by atoms with Crippen LogP contribution in [0.15, 0.2) is 12.3 Å². The van der Waals surface area contributed by atoms with Crippen LogP contribution in [0.1, 0.15) is 26.7 Å². The van der Waals surface area contributed by atoms with Crippen LogP contribution in [0, 0.1) is 0 Å². The van der Waals surface area contributed by atoms with Crippen LogP contribution >= 0.6 is 12.9 Å². The zero-order valence-electron chi connectivity index (χ0n) is 10.6. The summed E-state index contributed by atoms with van der Waals surface area (Å²) >= 11 is 3.72. The predicted octanol–water partition coefficient (Wildman–Crippen LogP) is 1.83. The molecule has 102 valence electrons. The van der Waals surface area contributed by atoms with Gasteiger partial charge in [-0.1, -0.05) is 0 Å². The zero-order chi connectivity index (χ0) is 13.4. The molecule has 1 aromatic rings. The summed E-state index contributed by atoms with van der Waals surface area (Å²) in [5.41, 5.74) is 5.50. The van der Waals surface area contributed by atoms with Gasteiger partial charge in [-0.3, -0.25) is 4.18 Å². The Morgan fingerprint density at radius 3 is 2.72 bits per heavy atom. The molecule has 6 nitrogen and oxygen atoms in total. The number of hydrogen-bond acceptors (Lipinski definition) is 7. The van der Waals surface area contributed by atoms with Crippen molar-refractivity contribution in [2.24, 2.45) is 0 Å². The second-order valence-corrected chi connectivity index (χ2v) is 4.34. The standard InChI is InChI=1S/C11H19N3O3S/c1-11(2,17-18)16-8-4-3-7-15-10-13-6-5-9(12)14-10/h5-6,18H,3-4,7-8H2,1-2H3,(H2,12,13,14). The topological polar surface area (TPSA) is 79.5 Å². The zero-order valence-corrected chi connectivity index (χ0v) is 11.5. The largest absolute Gasteiger partial charge is 0.463 e. The number of anilines is 1. The third-order valence-corrected chi connectivity index (χ3v) is 2.53. The highest BCUT2D eigenvalue weighted by molar-refractivity contribution is 7.75. The third-order valence-electron chi connectivity index (χ3n) is 2.09. The summed E-state index contributed by atoms with van der Waals surface area (Å²) in [4.78, 5) is 7.86. The lowest BCUT2D eigenvalue weighted by molar-refractivity contribution is -0.145. The highest BCUT2D eigenvalue weighted by Crippen LogP contribution is 2.13. The molecule has 0 radical (unpaired) electrons. The van der Waals surface area contributed by atoms with Gasteiger partial charge in [0.05, 0.1) is 13.2 Å². The monoisotopic (exact) mass is 273 g/mol. The summed E-state index contributed by atoms with van der Waals surface area (Å²) in [6.45, 7) is 4.71. The van der Waals surface area contributed by atoms with Crippen molar-refractivity contribution in [3.8, 4) is 6.01 Å². The Hall–Kier alpha value is -1.05. The molecule has 0 aliphatic rings. The van der Waals surface area contributed by atoms with E-state index >= 15 is 0 Å². The molecule has 18 heavy (non-hydrogen) atoms. The first kappa shape index (κ1) is 15.0. The van der Waals surface area contributed by atoms with Gasteiger partial charge in [-0.05, 0) is 45.7 Å². The molecule has 2 N–H and O–H groups in total. The molecule has 0 aliphatic carbocycles. The molecule has 7 heteroatoms. The molecule has 0 fully saturated rings. The Morgan fingerprint density at radius 1 is 1.33 bits per heavy atom. The molecule has 0 atom stereocenters. The molecule has 0 spiro atoms. The molecule has 0 aliphatic heterocycles. The van der Waals surface area contributed by atoms with E-state index in [1.54, 1.807) is 26.1 Å². The van der Waals surface area contributed by atoms with Crippen LogP contribution in [-0.4, -0.2) is 29.0 Å². The third kappa shape index (κ3) is 6.04. The van der Waals surface area contributed by atoms with Crippen molar-refractivity contribution in [2.75, 3.05) is 18.9 Å². The van der Waals surface area contributed by atoms with Gasteiger partial charge in [0.1, 0.15) is 5.82 Å². The fourth-order valence-electron chi connectivity index (χ4n) is 1.14. The van der Waals surface area contributed by atoms with E-state index in [0.29, 0.717) is 25.0 Å². The van der Waals surface area contributed by atoms with E-state index in [1.807, 2.05) is 0 Å². The van der Waals surface area contributed by atoms with Crippen molar-refractivity contribution in [3.05, 3.63) is 12.3 Å². The maximum atomic E-state index is 5.50. The first-order valence-electron chi connectivity index (χ1n) is 5.71. The van der Waals surface area contributed by atoms with E-state index in [0.717, 1.165) is 12.8 Å². The van der Waals surface area contributed by atoms with Gasteiger partial charge in [0, 0.05) is 6.20 Å². The lowest BCUT2D eigenvalue weighted by atomic mass is 10.3. The summed E-state index contributed by atoms with van der Waals surface area (Å²) in [6.07, 6.45) is 3.25. The molecule has 0 bridgehead atoms. The van der Waals surface area contributed by atoms with Gasteiger partial charge in [-0.25, -0.2) is 4.98 Å². The SMILES string of the molecule is CC(C)(OS)OCCCCOc1nccc(N)n1. The van der Waals surface area contributed by atoms with Crippen LogP contribution in [-0.2, 0) is 8.92 Å². The Balaban J connectivity index is 2.09. The molecular weight excluding hydrogens is 254 g/mol. The number of hydrogen-bond donors (Lipinski definition) is 2. The summed E-state index contributed by atoms with van der Waals surface area (Å²) < 4.78 is 15.6. The number of nitrogen functional groups attached to an aromatic ring is 1. The van der Waals surface area contributed by atoms with Crippen LogP contribution in [0.3, 0.4) is 0 Å². The molecule has 0 saturated carbocycles. The lowest BCUT2D eigenvalue weighted by Crippen LogP contribution is -2.25. The van der Waals surface area contributed by atoms with Crippen LogP contribution in [0.2, 0.25) is 0 Å². The number of unbranched alkanes of at least 4 members (excludes halogenated alkanes) is 1. The summed E-state index contributed by atoms with van der Waals surface area (Å²) in [5.74, 6) is -0.267. The number of thiol groups is 1. The molecule has 0 saturated heterocycles. The number of nitrogens with zero attached hydrogens (tertiary/aromatic N) is 2. The van der Waals surface area contributed by atoms with Crippen molar-refractivity contribution < 1.29 is 13.7 Å². The minimum atomic E-state index is -0.666. The maximum absolute atomic E-state index is 5.50. The lowest BCUT2D eigenvalue weighted by Gasteiger charge is -2.21. The van der Waals surface area contributed by atoms with Crippen molar-refractivity contribution in [3.63, 3.8) is 0 Å². The highest BCUT2D eigenvalue weighted by atomic mass is 32.1. The number of nitrogens with two attached hydrogens (primary N) is 1. The fourth-order valence-corrected chi connectivity index (χ4v) is 1.19. The number of ether oxygens (including phenoxy) is 2. The first-order chi connectivity index (χ1) is 8.53. The van der Waals surface area contributed by atoms with E-state index in [1.165, 1.54) is 0 Å². The Bertz CT molecular complexity index is 363. The van der Waals surface area contributed by atoms with E-state index in [9.17, 15) is 0 Å². The molecule has 0 unspecified atom stereocenters. The second kappa shape index (κ2) is 7.40. The average Bonchev–Trinajstić information content (AvgIpc) is 2.34. The molecule has 1 heterocycles. The molecular formula is C11H19N3O3S. The summed E-state index contributed by atoms with van der Waals surface area (Å²) in [5, 5.41) is 0. The predicted molar refractivity (Wildman–Crippen MR) is 71.3 cm³/mol. The van der Waals surface area contributed by atoms with Crippen molar-refractivity contribution in [1.29, 1.82) is 0 Å². The Labute approximate surface area is 112 Å². The summed E-state index contributed by atoms with van der Waals surface area (Å²) in [7, 11) is 0. The smallest absolute Gasteiger partial charge is 0.318 e.